The first-order valence-electron chi connectivity index (χ1n) is 10.2. The third kappa shape index (κ3) is 7.01. The van der Waals surface area contributed by atoms with Gasteiger partial charge >= 0.3 is 0 Å². The van der Waals surface area contributed by atoms with Crippen molar-refractivity contribution in [1.82, 2.24) is 15.5 Å². The lowest BCUT2D eigenvalue weighted by Crippen LogP contribution is -2.36. The van der Waals surface area contributed by atoms with E-state index in [0.717, 1.165) is 6.07 Å². The summed E-state index contributed by atoms with van der Waals surface area (Å²) < 4.78 is 0. The number of nitrogens with one attached hydrogen (secondary N) is 2. The van der Waals surface area contributed by atoms with Crippen molar-refractivity contribution in [3.63, 3.8) is 0 Å². The third-order valence-electron chi connectivity index (χ3n) is 5.03. The number of nitro groups is 1. The van der Waals surface area contributed by atoms with Crippen LogP contribution in [0.2, 0.25) is 0 Å². The topological polar surface area (TPSA) is 142 Å². The SMILES string of the molecule is C#CCCNC(CCCN1C(=O)C=CC1=O)CCNC(=O)c1ccc(CO)c([N+](=O)[O-])c1. The number of benzene rings is 1. The van der Waals surface area contributed by atoms with Crippen LogP contribution in [0.25, 0.3) is 0 Å². The van der Waals surface area contributed by atoms with E-state index in [-0.39, 0.29) is 34.7 Å². The Morgan fingerprint density at radius 2 is 1.94 bits per heavy atom. The zero-order valence-corrected chi connectivity index (χ0v) is 17.6. The summed E-state index contributed by atoms with van der Waals surface area (Å²) in [5, 5.41) is 26.3. The van der Waals surface area contributed by atoms with Gasteiger partial charge in [0.25, 0.3) is 23.4 Å². The number of amides is 3. The molecule has 2 rings (SSSR count). The first kappa shape index (κ1) is 24.7. The van der Waals surface area contributed by atoms with Crippen molar-refractivity contribution < 1.29 is 24.4 Å². The average Bonchev–Trinajstić information content (AvgIpc) is 3.10. The van der Waals surface area contributed by atoms with Crippen molar-refractivity contribution in [2.75, 3.05) is 19.6 Å². The highest BCUT2D eigenvalue weighted by molar-refractivity contribution is 6.12. The maximum atomic E-state index is 12.4. The second-order valence-corrected chi connectivity index (χ2v) is 7.21. The fourth-order valence-corrected chi connectivity index (χ4v) is 3.31. The van der Waals surface area contributed by atoms with Crippen molar-refractivity contribution in [3.8, 4) is 12.3 Å². The average molecular weight is 442 g/mol. The molecule has 10 nitrogen and oxygen atoms in total. The Morgan fingerprint density at radius 3 is 2.56 bits per heavy atom. The van der Waals surface area contributed by atoms with E-state index in [1.54, 1.807) is 0 Å². The first-order valence-corrected chi connectivity index (χ1v) is 10.2. The molecule has 32 heavy (non-hydrogen) atoms. The minimum absolute atomic E-state index is 0.00415. The number of nitro benzene ring substituents is 1. The molecule has 1 heterocycles. The second kappa shape index (κ2) is 12.3. The number of hydrogen-bond acceptors (Lipinski definition) is 7. The summed E-state index contributed by atoms with van der Waals surface area (Å²) in [6.45, 7) is 0.720. The third-order valence-corrected chi connectivity index (χ3v) is 5.03. The minimum atomic E-state index is -0.640. The van der Waals surface area contributed by atoms with Gasteiger partial charge in [-0.15, -0.1) is 12.3 Å². The van der Waals surface area contributed by atoms with Crippen LogP contribution in [-0.2, 0) is 16.2 Å². The molecule has 0 saturated carbocycles. The zero-order valence-electron chi connectivity index (χ0n) is 17.6. The van der Waals surface area contributed by atoms with Gasteiger partial charge < -0.3 is 15.7 Å². The van der Waals surface area contributed by atoms with Crippen molar-refractivity contribution in [2.45, 2.75) is 38.3 Å². The van der Waals surface area contributed by atoms with Gasteiger partial charge in [-0.2, -0.15) is 0 Å². The number of terminal acetylenes is 1. The molecule has 0 spiro atoms. The van der Waals surface area contributed by atoms with Gasteiger partial charge in [-0.05, 0) is 31.4 Å². The Kier molecular flexibility index (Phi) is 9.53. The standard InChI is InChI=1S/C22H26N4O6/c1-2-3-11-23-18(5-4-13-25-20(28)8-9-21(25)29)10-12-24-22(30)16-6-7-17(15-27)19(14-16)26(31)32/h1,6-9,14,18,23,27H,3-5,10-13,15H2,(H,24,30). The highest BCUT2D eigenvalue weighted by Gasteiger charge is 2.23. The van der Waals surface area contributed by atoms with Crippen molar-refractivity contribution in [1.29, 1.82) is 0 Å². The highest BCUT2D eigenvalue weighted by Crippen LogP contribution is 2.20. The van der Waals surface area contributed by atoms with E-state index in [0.29, 0.717) is 45.3 Å². The van der Waals surface area contributed by atoms with E-state index in [2.05, 4.69) is 16.6 Å². The number of aliphatic hydroxyl groups is 1. The molecule has 0 radical (unpaired) electrons. The van der Waals surface area contributed by atoms with Crippen LogP contribution in [0.1, 0.15) is 41.6 Å². The van der Waals surface area contributed by atoms with Crippen LogP contribution in [0.3, 0.4) is 0 Å². The van der Waals surface area contributed by atoms with Gasteiger partial charge in [-0.25, -0.2) is 0 Å². The maximum absolute atomic E-state index is 12.4. The minimum Gasteiger partial charge on any atom is -0.391 e. The summed E-state index contributed by atoms with van der Waals surface area (Å²) in [5.74, 6) is 1.45. The molecule has 1 unspecified atom stereocenters. The number of aliphatic hydroxyl groups excluding tert-OH is 1. The van der Waals surface area contributed by atoms with E-state index in [1.807, 2.05) is 0 Å². The lowest BCUT2D eigenvalue weighted by Gasteiger charge is -2.20. The Bertz CT molecular complexity index is 919. The smallest absolute Gasteiger partial charge is 0.275 e. The molecule has 0 saturated heterocycles. The largest absolute Gasteiger partial charge is 0.391 e. The lowest BCUT2D eigenvalue weighted by molar-refractivity contribution is -0.385. The van der Waals surface area contributed by atoms with Gasteiger partial charge in [0, 0.05) is 55.9 Å². The Morgan fingerprint density at radius 1 is 1.22 bits per heavy atom. The van der Waals surface area contributed by atoms with E-state index in [9.17, 15) is 29.6 Å². The van der Waals surface area contributed by atoms with Crippen LogP contribution in [0, 0.1) is 22.5 Å². The molecule has 3 amide bonds. The summed E-state index contributed by atoms with van der Waals surface area (Å²) in [6.07, 6.45) is 10.1. The quantitative estimate of drug-likeness (QED) is 0.135. The molecule has 0 aliphatic carbocycles. The van der Waals surface area contributed by atoms with Crippen molar-refractivity contribution in [3.05, 3.63) is 51.6 Å². The van der Waals surface area contributed by atoms with Crippen LogP contribution < -0.4 is 10.6 Å². The van der Waals surface area contributed by atoms with Crippen molar-refractivity contribution >= 4 is 23.4 Å². The summed E-state index contributed by atoms with van der Waals surface area (Å²) in [6, 6.07) is 3.92. The molecule has 170 valence electrons. The number of carbonyl (C=O) groups is 3. The molecule has 1 atom stereocenters. The van der Waals surface area contributed by atoms with Gasteiger partial charge in [0.05, 0.1) is 17.1 Å². The molecule has 0 aromatic heterocycles. The molecular formula is C22H26N4O6. The zero-order chi connectivity index (χ0) is 23.5. The van der Waals surface area contributed by atoms with Crippen LogP contribution >= 0.6 is 0 Å². The van der Waals surface area contributed by atoms with Gasteiger partial charge in [0.15, 0.2) is 0 Å². The number of imide groups is 1. The Hall–Kier alpha value is -3.55. The molecule has 1 aromatic carbocycles. The fourth-order valence-electron chi connectivity index (χ4n) is 3.31. The molecule has 1 aliphatic rings. The normalized spacial score (nSPS) is 13.8. The maximum Gasteiger partial charge on any atom is 0.275 e. The van der Waals surface area contributed by atoms with Gasteiger partial charge in [0.2, 0.25) is 0 Å². The predicted octanol–water partition coefficient (Wildman–Crippen LogP) is 0.894. The summed E-state index contributed by atoms with van der Waals surface area (Å²) in [5.41, 5.74) is -0.0479. The highest BCUT2D eigenvalue weighted by atomic mass is 16.6. The molecule has 10 heteroatoms. The van der Waals surface area contributed by atoms with E-state index in [1.165, 1.54) is 29.2 Å². The monoisotopic (exact) mass is 442 g/mol. The molecule has 1 aromatic rings. The molecule has 0 bridgehead atoms. The number of nitrogens with zero attached hydrogens (tertiary/aromatic N) is 2. The molecule has 3 N–H and O–H groups in total. The van der Waals surface area contributed by atoms with Gasteiger partial charge in [-0.3, -0.25) is 29.4 Å². The van der Waals surface area contributed by atoms with Crippen LogP contribution in [0.4, 0.5) is 5.69 Å². The number of rotatable bonds is 13. The van der Waals surface area contributed by atoms with Crippen molar-refractivity contribution in [2.24, 2.45) is 0 Å². The Balaban J connectivity index is 1.87. The summed E-state index contributed by atoms with van der Waals surface area (Å²) in [7, 11) is 0. The predicted molar refractivity (Wildman–Crippen MR) is 116 cm³/mol. The summed E-state index contributed by atoms with van der Waals surface area (Å²) in [4.78, 5) is 47.3. The van der Waals surface area contributed by atoms with Gasteiger partial charge in [0.1, 0.15) is 0 Å². The van der Waals surface area contributed by atoms with E-state index in [4.69, 9.17) is 6.42 Å². The van der Waals surface area contributed by atoms with Crippen LogP contribution in [0.5, 0.6) is 0 Å². The molecule has 0 fully saturated rings. The number of hydrogen-bond donors (Lipinski definition) is 3. The summed E-state index contributed by atoms with van der Waals surface area (Å²) >= 11 is 0. The van der Waals surface area contributed by atoms with Crippen LogP contribution in [0.15, 0.2) is 30.4 Å². The Labute approximate surface area is 185 Å². The number of carbonyl (C=O) groups excluding carboxylic acids is 3. The lowest BCUT2D eigenvalue weighted by atomic mass is 10.1. The van der Waals surface area contributed by atoms with Gasteiger partial charge in [-0.1, -0.05) is 0 Å². The van der Waals surface area contributed by atoms with E-state index < -0.39 is 17.4 Å². The first-order chi connectivity index (χ1) is 15.4. The molecular weight excluding hydrogens is 416 g/mol. The second-order valence-electron chi connectivity index (χ2n) is 7.21. The van der Waals surface area contributed by atoms with E-state index >= 15 is 0 Å². The fraction of sp³-hybridized carbons (Fsp3) is 0.409. The molecule has 1 aliphatic heterocycles. The van der Waals surface area contributed by atoms with Crippen LogP contribution in [-0.4, -0.2) is 58.3 Å².